The minimum atomic E-state index is -0.0217. The van der Waals surface area contributed by atoms with Crippen LogP contribution < -0.4 is 0 Å². The van der Waals surface area contributed by atoms with Crippen LogP contribution in [0, 0.1) is 0 Å². The number of para-hydroxylation sites is 1. The van der Waals surface area contributed by atoms with Crippen LogP contribution in [0.25, 0.3) is 76.8 Å². The molecule has 0 amide bonds. The van der Waals surface area contributed by atoms with Gasteiger partial charge in [-0.25, -0.2) is 0 Å². The highest BCUT2D eigenvalue weighted by Crippen LogP contribution is 2.50. The standard InChI is InChI=1S/C37H25NO/c1-37(2)29-13-7-5-9-23(29)24-17-15-22(20-30(24)37)21-16-18-31-28(19-21)34-35(38-31)26-11-4-3-10-25(26)33-27-12-6-8-14-32(27)39-36(33)34/h3-20,38H,1-2H3. The Labute approximate surface area is 225 Å². The second-order valence-electron chi connectivity index (χ2n) is 11.4. The Morgan fingerprint density at radius 1 is 0.564 bits per heavy atom. The van der Waals surface area contributed by atoms with Crippen molar-refractivity contribution in [1.82, 2.24) is 4.98 Å². The van der Waals surface area contributed by atoms with Gasteiger partial charge in [0.15, 0.2) is 0 Å². The summed E-state index contributed by atoms with van der Waals surface area (Å²) < 4.78 is 6.59. The summed E-state index contributed by atoms with van der Waals surface area (Å²) in [4.78, 5) is 3.74. The van der Waals surface area contributed by atoms with E-state index in [0.29, 0.717) is 0 Å². The SMILES string of the molecule is CC1(C)c2ccccc2-c2ccc(-c3ccc4[nH]c5c6ccccc6c6c7ccccc7oc6c5c4c3)cc21. The first-order valence-corrected chi connectivity index (χ1v) is 13.6. The molecule has 1 aliphatic carbocycles. The monoisotopic (exact) mass is 499 g/mol. The maximum absolute atomic E-state index is 6.59. The summed E-state index contributed by atoms with van der Waals surface area (Å²) in [6.45, 7) is 4.68. The zero-order chi connectivity index (χ0) is 25.9. The molecule has 0 atom stereocenters. The van der Waals surface area contributed by atoms with Gasteiger partial charge in [0, 0.05) is 32.5 Å². The van der Waals surface area contributed by atoms with Crippen molar-refractivity contribution in [2.45, 2.75) is 19.3 Å². The predicted octanol–water partition coefficient (Wildman–Crippen LogP) is 10.3. The van der Waals surface area contributed by atoms with E-state index in [1.807, 2.05) is 6.07 Å². The van der Waals surface area contributed by atoms with Gasteiger partial charge in [0.1, 0.15) is 11.2 Å². The second kappa shape index (κ2) is 7.18. The van der Waals surface area contributed by atoms with Crippen molar-refractivity contribution in [2.24, 2.45) is 0 Å². The number of nitrogens with one attached hydrogen (secondary N) is 1. The van der Waals surface area contributed by atoms with Crippen molar-refractivity contribution >= 4 is 54.5 Å². The van der Waals surface area contributed by atoms with Gasteiger partial charge >= 0.3 is 0 Å². The largest absolute Gasteiger partial charge is 0.455 e. The zero-order valence-corrected chi connectivity index (χ0v) is 21.8. The number of benzene rings is 6. The van der Waals surface area contributed by atoms with Crippen LogP contribution in [0.15, 0.2) is 114 Å². The molecule has 0 saturated heterocycles. The zero-order valence-electron chi connectivity index (χ0n) is 21.8. The van der Waals surface area contributed by atoms with Crippen molar-refractivity contribution < 1.29 is 4.42 Å². The summed E-state index contributed by atoms with van der Waals surface area (Å²) in [7, 11) is 0. The van der Waals surface area contributed by atoms with Crippen molar-refractivity contribution in [2.75, 3.05) is 0 Å². The fourth-order valence-electron chi connectivity index (χ4n) is 7.10. The van der Waals surface area contributed by atoms with Gasteiger partial charge in [0.2, 0.25) is 0 Å². The van der Waals surface area contributed by atoms with Gasteiger partial charge < -0.3 is 9.40 Å². The number of furan rings is 1. The molecular weight excluding hydrogens is 474 g/mol. The third-order valence-corrected chi connectivity index (χ3v) is 9.00. The number of H-pyrrole nitrogens is 1. The van der Waals surface area contributed by atoms with Crippen molar-refractivity contribution in [3.05, 3.63) is 120 Å². The van der Waals surface area contributed by atoms with Crippen LogP contribution in [0.3, 0.4) is 0 Å². The van der Waals surface area contributed by atoms with Gasteiger partial charge in [-0.05, 0) is 63.0 Å². The first-order valence-electron chi connectivity index (χ1n) is 13.6. The molecular formula is C37H25NO. The van der Waals surface area contributed by atoms with E-state index in [2.05, 4.69) is 122 Å². The molecule has 0 fully saturated rings. The fourth-order valence-corrected chi connectivity index (χ4v) is 7.10. The van der Waals surface area contributed by atoms with Crippen LogP contribution in [0.4, 0.5) is 0 Å². The third-order valence-electron chi connectivity index (χ3n) is 9.00. The van der Waals surface area contributed by atoms with Gasteiger partial charge in [0.25, 0.3) is 0 Å². The minimum absolute atomic E-state index is 0.0217. The molecule has 0 unspecified atom stereocenters. The second-order valence-corrected chi connectivity index (χ2v) is 11.4. The van der Waals surface area contributed by atoms with E-state index in [4.69, 9.17) is 4.42 Å². The molecule has 1 aliphatic rings. The molecule has 2 aromatic heterocycles. The number of fused-ring (bicyclic) bond motifs is 13. The lowest BCUT2D eigenvalue weighted by molar-refractivity contribution is 0.660. The van der Waals surface area contributed by atoms with Crippen LogP contribution in [0.2, 0.25) is 0 Å². The molecule has 0 bridgehead atoms. The third kappa shape index (κ3) is 2.66. The van der Waals surface area contributed by atoms with Crippen molar-refractivity contribution in [1.29, 1.82) is 0 Å². The molecule has 8 aromatic rings. The number of aromatic amines is 1. The lowest BCUT2D eigenvalue weighted by Gasteiger charge is -2.22. The average Bonchev–Trinajstić information content (AvgIpc) is 3.61. The molecule has 2 heterocycles. The van der Waals surface area contributed by atoms with Gasteiger partial charge in [0.05, 0.1) is 10.9 Å². The van der Waals surface area contributed by atoms with E-state index in [-0.39, 0.29) is 5.41 Å². The first-order chi connectivity index (χ1) is 19.1. The Bertz CT molecular complexity index is 2310. The highest BCUT2D eigenvalue weighted by atomic mass is 16.3. The summed E-state index contributed by atoms with van der Waals surface area (Å²) >= 11 is 0. The smallest absolute Gasteiger partial charge is 0.146 e. The van der Waals surface area contributed by atoms with Crippen molar-refractivity contribution in [3.63, 3.8) is 0 Å². The molecule has 0 spiro atoms. The molecule has 184 valence electrons. The van der Waals surface area contributed by atoms with E-state index < -0.39 is 0 Å². The molecule has 0 saturated carbocycles. The van der Waals surface area contributed by atoms with E-state index in [0.717, 1.165) is 33.0 Å². The quantitative estimate of drug-likeness (QED) is 0.239. The van der Waals surface area contributed by atoms with Gasteiger partial charge in [-0.1, -0.05) is 98.8 Å². The Kier molecular flexibility index (Phi) is 3.89. The highest BCUT2D eigenvalue weighted by molar-refractivity contribution is 6.34. The van der Waals surface area contributed by atoms with E-state index >= 15 is 0 Å². The Balaban J connectivity index is 1.34. The van der Waals surface area contributed by atoms with Gasteiger partial charge in [-0.3, -0.25) is 0 Å². The topological polar surface area (TPSA) is 28.9 Å². The van der Waals surface area contributed by atoms with Crippen LogP contribution in [0.1, 0.15) is 25.0 Å². The molecule has 2 nitrogen and oxygen atoms in total. The summed E-state index contributed by atoms with van der Waals surface area (Å²) in [5.74, 6) is 0. The van der Waals surface area contributed by atoms with Crippen LogP contribution in [0.5, 0.6) is 0 Å². The van der Waals surface area contributed by atoms with Crippen molar-refractivity contribution in [3.8, 4) is 22.3 Å². The molecule has 0 radical (unpaired) electrons. The molecule has 6 aromatic carbocycles. The summed E-state index contributed by atoms with van der Waals surface area (Å²) in [5, 5.41) is 7.15. The molecule has 2 heteroatoms. The number of rotatable bonds is 1. The van der Waals surface area contributed by atoms with Crippen LogP contribution in [-0.4, -0.2) is 4.98 Å². The molecule has 0 aliphatic heterocycles. The Hall–Kier alpha value is -4.82. The summed E-state index contributed by atoms with van der Waals surface area (Å²) in [6.07, 6.45) is 0. The Morgan fingerprint density at radius 3 is 2.15 bits per heavy atom. The number of hydrogen-bond donors (Lipinski definition) is 1. The molecule has 1 N–H and O–H groups in total. The Morgan fingerprint density at radius 2 is 1.26 bits per heavy atom. The summed E-state index contributed by atoms with van der Waals surface area (Å²) in [6, 6.07) is 39.7. The van der Waals surface area contributed by atoms with Gasteiger partial charge in [-0.15, -0.1) is 0 Å². The van der Waals surface area contributed by atoms with E-state index in [9.17, 15) is 0 Å². The lowest BCUT2D eigenvalue weighted by Crippen LogP contribution is -2.14. The highest BCUT2D eigenvalue weighted by Gasteiger charge is 2.35. The maximum atomic E-state index is 6.59. The lowest BCUT2D eigenvalue weighted by atomic mass is 9.81. The fraction of sp³-hybridized carbons (Fsp3) is 0.0811. The normalized spacial score (nSPS) is 14.1. The van der Waals surface area contributed by atoms with E-state index in [1.165, 1.54) is 54.9 Å². The minimum Gasteiger partial charge on any atom is -0.455 e. The predicted molar refractivity (Wildman–Crippen MR) is 164 cm³/mol. The van der Waals surface area contributed by atoms with Crippen LogP contribution >= 0.6 is 0 Å². The van der Waals surface area contributed by atoms with Crippen LogP contribution in [-0.2, 0) is 5.41 Å². The molecule has 9 rings (SSSR count). The summed E-state index contributed by atoms with van der Waals surface area (Å²) in [5.41, 5.74) is 12.1. The van der Waals surface area contributed by atoms with Gasteiger partial charge in [-0.2, -0.15) is 0 Å². The number of hydrogen-bond acceptors (Lipinski definition) is 1. The molecule has 39 heavy (non-hydrogen) atoms. The number of aromatic nitrogens is 1. The first kappa shape index (κ1) is 21.2. The van der Waals surface area contributed by atoms with E-state index in [1.54, 1.807) is 0 Å². The average molecular weight is 500 g/mol. The maximum Gasteiger partial charge on any atom is 0.146 e.